The molecule has 0 aliphatic heterocycles. The van der Waals surface area contributed by atoms with Crippen LogP contribution in [0, 0.1) is 0 Å². The quantitative estimate of drug-likeness (QED) is 0.446. The summed E-state index contributed by atoms with van der Waals surface area (Å²) in [5.41, 5.74) is 2.08. The Hall–Kier alpha value is -2.87. The summed E-state index contributed by atoms with van der Waals surface area (Å²) in [6.45, 7) is 1.85. The molecule has 1 atom stereocenters. The van der Waals surface area contributed by atoms with Crippen LogP contribution in [-0.2, 0) is 11.0 Å². The smallest absolute Gasteiger partial charge is 0.349 e. The van der Waals surface area contributed by atoms with Crippen molar-refractivity contribution in [2.75, 3.05) is 5.75 Å². The van der Waals surface area contributed by atoms with E-state index in [0.717, 1.165) is 40.7 Å². The van der Waals surface area contributed by atoms with E-state index < -0.39 is 11.9 Å². The molecule has 4 nitrogen and oxygen atoms in total. The van der Waals surface area contributed by atoms with E-state index >= 15 is 0 Å². The lowest BCUT2D eigenvalue weighted by Crippen LogP contribution is -2.28. The fourth-order valence-electron chi connectivity index (χ4n) is 2.66. The summed E-state index contributed by atoms with van der Waals surface area (Å²) in [5, 5.41) is 2.74. The van der Waals surface area contributed by atoms with E-state index in [-0.39, 0.29) is 22.9 Å². The number of halogens is 3. The first-order valence-electron chi connectivity index (χ1n) is 8.81. The molecule has 0 aliphatic rings. The van der Waals surface area contributed by atoms with Crippen LogP contribution in [0.15, 0.2) is 72.0 Å². The second kappa shape index (κ2) is 9.09. The third-order valence-corrected chi connectivity index (χ3v) is 5.01. The third-order valence-electron chi connectivity index (χ3n) is 4.15. The van der Waals surface area contributed by atoms with Gasteiger partial charge in [-0.1, -0.05) is 66.4 Å². The van der Waals surface area contributed by atoms with Crippen molar-refractivity contribution in [3.05, 3.63) is 78.1 Å². The van der Waals surface area contributed by atoms with Crippen molar-refractivity contribution in [1.29, 1.82) is 0 Å². The number of amides is 1. The molecular formula is C21H18F3N3OS. The topological polar surface area (TPSA) is 54.9 Å². The molecule has 0 bridgehead atoms. The molecule has 8 heteroatoms. The van der Waals surface area contributed by atoms with Gasteiger partial charge in [-0.25, -0.2) is 9.97 Å². The standard InChI is InChI=1S/C21H18F3N3OS/c1-14(15-7-9-17(10-8-15)16-5-3-2-4-6-16)26-19(28)13-29-20-25-12-11-18(27-20)21(22,23)24/h2-12,14H,13H2,1H3,(H,26,28). The van der Waals surface area contributed by atoms with E-state index in [9.17, 15) is 18.0 Å². The molecule has 0 fully saturated rings. The molecule has 0 saturated carbocycles. The van der Waals surface area contributed by atoms with Gasteiger partial charge in [-0.05, 0) is 29.7 Å². The van der Waals surface area contributed by atoms with Gasteiger partial charge in [0.15, 0.2) is 5.16 Å². The molecule has 3 rings (SSSR count). The minimum absolute atomic E-state index is 0.0756. The molecule has 29 heavy (non-hydrogen) atoms. The molecule has 1 amide bonds. The van der Waals surface area contributed by atoms with E-state index in [1.807, 2.05) is 61.5 Å². The Morgan fingerprint density at radius 1 is 1.03 bits per heavy atom. The average molecular weight is 417 g/mol. The molecule has 1 heterocycles. The van der Waals surface area contributed by atoms with Crippen LogP contribution in [0.2, 0.25) is 0 Å². The van der Waals surface area contributed by atoms with Gasteiger partial charge in [0, 0.05) is 6.20 Å². The fourth-order valence-corrected chi connectivity index (χ4v) is 3.30. The number of nitrogens with zero attached hydrogens (tertiary/aromatic N) is 2. The van der Waals surface area contributed by atoms with E-state index in [2.05, 4.69) is 15.3 Å². The predicted octanol–water partition coefficient (Wildman–Crippen LogP) is 5.13. The molecule has 0 saturated heterocycles. The number of carbonyl (C=O) groups is 1. The second-order valence-electron chi connectivity index (χ2n) is 6.29. The summed E-state index contributed by atoms with van der Waals surface area (Å²) in [5.74, 6) is -0.385. The maximum Gasteiger partial charge on any atom is 0.433 e. The molecule has 0 radical (unpaired) electrons. The molecule has 1 unspecified atom stereocenters. The van der Waals surface area contributed by atoms with Crippen molar-refractivity contribution in [2.45, 2.75) is 24.3 Å². The van der Waals surface area contributed by atoms with Crippen molar-refractivity contribution in [1.82, 2.24) is 15.3 Å². The maximum atomic E-state index is 12.7. The lowest BCUT2D eigenvalue weighted by atomic mass is 10.0. The highest BCUT2D eigenvalue weighted by Crippen LogP contribution is 2.28. The van der Waals surface area contributed by atoms with Crippen molar-refractivity contribution >= 4 is 17.7 Å². The van der Waals surface area contributed by atoms with Gasteiger partial charge >= 0.3 is 6.18 Å². The molecular weight excluding hydrogens is 399 g/mol. The van der Waals surface area contributed by atoms with Crippen molar-refractivity contribution in [3.8, 4) is 11.1 Å². The molecule has 3 aromatic rings. The zero-order valence-corrected chi connectivity index (χ0v) is 16.3. The van der Waals surface area contributed by atoms with Gasteiger partial charge in [0.05, 0.1) is 11.8 Å². The first kappa shape index (κ1) is 20.9. The Kier molecular flexibility index (Phi) is 6.53. The van der Waals surface area contributed by atoms with Crippen LogP contribution in [0.1, 0.15) is 24.2 Å². The van der Waals surface area contributed by atoms with Crippen molar-refractivity contribution in [2.24, 2.45) is 0 Å². The first-order valence-corrected chi connectivity index (χ1v) is 9.79. The normalized spacial score (nSPS) is 12.4. The molecule has 1 N–H and O–H groups in total. The number of alkyl halides is 3. The first-order chi connectivity index (χ1) is 13.8. The molecule has 0 aliphatic carbocycles. The summed E-state index contributed by atoms with van der Waals surface area (Å²) < 4.78 is 38.1. The average Bonchev–Trinajstić information content (AvgIpc) is 2.72. The molecule has 1 aromatic heterocycles. The highest BCUT2D eigenvalue weighted by atomic mass is 32.2. The van der Waals surface area contributed by atoms with Crippen LogP contribution in [0.4, 0.5) is 13.2 Å². The summed E-state index contributed by atoms with van der Waals surface area (Å²) in [7, 11) is 0. The largest absolute Gasteiger partial charge is 0.433 e. The molecule has 0 spiro atoms. The Morgan fingerprint density at radius 3 is 2.34 bits per heavy atom. The zero-order chi connectivity index (χ0) is 20.9. The summed E-state index contributed by atoms with van der Waals surface area (Å²) in [6.07, 6.45) is -3.51. The van der Waals surface area contributed by atoms with Gasteiger partial charge in [-0.2, -0.15) is 13.2 Å². The summed E-state index contributed by atoms with van der Waals surface area (Å²) >= 11 is 0.861. The van der Waals surface area contributed by atoms with Crippen molar-refractivity contribution < 1.29 is 18.0 Å². The third kappa shape index (κ3) is 5.80. The van der Waals surface area contributed by atoms with Gasteiger partial charge in [0.25, 0.3) is 0 Å². The highest BCUT2D eigenvalue weighted by molar-refractivity contribution is 7.99. The fraction of sp³-hybridized carbons (Fsp3) is 0.190. The van der Waals surface area contributed by atoms with Crippen LogP contribution in [0.25, 0.3) is 11.1 Å². The lowest BCUT2D eigenvalue weighted by Gasteiger charge is -2.15. The Morgan fingerprint density at radius 2 is 1.69 bits per heavy atom. The van der Waals surface area contributed by atoms with Gasteiger partial charge in [0.2, 0.25) is 5.91 Å². The Bertz CT molecular complexity index is 963. The number of nitrogens with one attached hydrogen (secondary N) is 1. The van der Waals surface area contributed by atoms with Crippen LogP contribution >= 0.6 is 11.8 Å². The predicted molar refractivity (Wildman–Crippen MR) is 106 cm³/mol. The highest BCUT2D eigenvalue weighted by Gasteiger charge is 2.32. The number of thioether (sulfide) groups is 1. The number of benzene rings is 2. The number of aromatic nitrogens is 2. The summed E-state index contributed by atoms with van der Waals surface area (Å²) in [4.78, 5) is 19.4. The Labute approximate surface area is 170 Å². The van der Waals surface area contributed by atoms with Crippen LogP contribution < -0.4 is 5.32 Å². The monoisotopic (exact) mass is 417 g/mol. The van der Waals surface area contributed by atoms with Gasteiger partial charge < -0.3 is 5.32 Å². The van der Waals surface area contributed by atoms with Crippen LogP contribution in [0.3, 0.4) is 0 Å². The molecule has 2 aromatic carbocycles. The van der Waals surface area contributed by atoms with Gasteiger partial charge in [-0.3, -0.25) is 4.79 Å². The van der Waals surface area contributed by atoms with E-state index in [1.54, 1.807) is 0 Å². The minimum atomic E-state index is -4.54. The SMILES string of the molecule is CC(NC(=O)CSc1nccc(C(F)(F)F)n1)c1ccc(-c2ccccc2)cc1. The van der Waals surface area contributed by atoms with E-state index in [0.29, 0.717) is 0 Å². The van der Waals surface area contributed by atoms with E-state index in [4.69, 9.17) is 0 Å². The van der Waals surface area contributed by atoms with E-state index in [1.165, 1.54) is 0 Å². The van der Waals surface area contributed by atoms with Crippen LogP contribution in [-0.4, -0.2) is 21.6 Å². The van der Waals surface area contributed by atoms with Crippen LogP contribution in [0.5, 0.6) is 0 Å². The number of hydrogen-bond acceptors (Lipinski definition) is 4. The Balaban J connectivity index is 1.55. The van der Waals surface area contributed by atoms with Crippen molar-refractivity contribution in [3.63, 3.8) is 0 Å². The number of hydrogen-bond donors (Lipinski definition) is 1. The van der Waals surface area contributed by atoms with Gasteiger partial charge in [-0.15, -0.1) is 0 Å². The van der Waals surface area contributed by atoms with Gasteiger partial charge in [0.1, 0.15) is 5.69 Å². The maximum absolute atomic E-state index is 12.7. The minimum Gasteiger partial charge on any atom is -0.349 e. The number of rotatable bonds is 6. The zero-order valence-electron chi connectivity index (χ0n) is 15.5. The number of carbonyl (C=O) groups excluding carboxylic acids is 1. The molecule has 150 valence electrons. The second-order valence-corrected chi connectivity index (χ2v) is 7.23. The lowest BCUT2D eigenvalue weighted by molar-refractivity contribution is -0.141. The summed E-state index contributed by atoms with van der Waals surface area (Å²) in [6, 6.07) is 18.3.